The van der Waals surface area contributed by atoms with Crippen LogP contribution < -0.4 is 14.8 Å². The van der Waals surface area contributed by atoms with Gasteiger partial charge in [0.25, 0.3) is 0 Å². The van der Waals surface area contributed by atoms with E-state index < -0.39 is 72.7 Å². The second-order valence-corrected chi connectivity index (χ2v) is 10.9. The molecule has 1 amide bonds. The molecule has 0 spiro atoms. The second-order valence-electron chi connectivity index (χ2n) is 10.9. The molecule has 3 fully saturated rings. The minimum absolute atomic E-state index is 0.0224. The number of carbonyl (C=O) groups is 1. The summed E-state index contributed by atoms with van der Waals surface area (Å²) in [7, 11) is 0. The Kier molecular flexibility index (Phi) is 9.93. The van der Waals surface area contributed by atoms with Crippen LogP contribution in [0, 0.1) is 11.6 Å². The van der Waals surface area contributed by atoms with Gasteiger partial charge < -0.3 is 44.3 Å². The lowest BCUT2D eigenvalue weighted by Gasteiger charge is -2.41. The number of aliphatic hydroxyl groups is 3. The minimum atomic E-state index is -1.54. The maximum Gasteiger partial charge on any atom is 0.247 e. The fourth-order valence-electron chi connectivity index (χ4n) is 5.33. The molecular formula is C31H34F3NO9. The van der Waals surface area contributed by atoms with E-state index in [0.717, 1.165) is 6.07 Å². The van der Waals surface area contributed by atoms with Gasteiger partial charge >= 0.3 is 0 Å². The van der Waals surface area contributed by atoms with Crippen molar-refractivity contribution in [2.75, 3.05) is 13.4 Å². The van der Waals surface area contributed by atoms with E-state index in [4.69, 9.17) is 23.7 Å². The Labute approximate surface area is 251 Å². The highest BCUT2D eigenvalue weighted by Crippen LogP contribution is 2.32. The van der Waals surface area contributed by atoms with Gasteiger partial charge in [0.15, 0.2) is 29.3 Å². The molecule has 13 heteroatoms. The molecule has 2 heterocycles. The molecule has 10 nitrogen and oxygen atoms in total. The number of amides is 1. The SMILES string of the molecule is CC(=Cc1ccc(O[C@@H]2O[C@H](C(C)=CCOc3ccccc3F)C[C@@H]2F)c(F)c1)C(=O)N[C@@H]1[C@H](O)[C@@H](O)[C@H]2OCO[C@H]2[C@@H]1O. The first kappa shape index (κ1) is 31.9. The number of aliphatic hydroxyl groups excluding tert-OH is 3. The summed E-state index contributed by atoms with van der Waals surface area (Å²) in [4.78, 5) is 12.8. The molecule has 9 atom stereocenters. The number of para-hydroxylation sites is 1. The molecule has 4 N–H and O–H groups in total. The zero-order valence-corrected chi connectivity index (χ0v) is 23.9. The van der Waals surface area contributed by atoms with Crippen molar-refractivity contribution in [1.29, 1.82) is 0 Å². The summed E-state index contributed by atoms with van der Waals surface area (Å²) in [6.07, 6.45) is -6.63. The van der Waals surface area contributed by atoms with Crippen molar-refractivity contribution in [3.05, 3.63) is 76.9 Å². The Morgan fingerprint density at radius 2 is 1.73 bits per heavy atom. The summed E-state index contributed by atoms with van der Waals surface area (Å²) < 4.78 is 70.4. The average Bonchev–Trinajstić information content (AvgIpc) is 3.64. The van der Waals surface area contributed by atoms with Gasteiger partial charge in [0.05, 0.1) is 12.1 Å². The molecule has 2 aromatic rings. The van der Waals surface area contributed by atoms with E-state index in [1.807, 2.05) is 0 Å². The van der Waals surface area contributed by atoms with E-state index in [-0.39, 0.29) is 42.5 Å². The van der Waals surface area contributed by atoms with Crippen molar-refractivity contribution < 1.29 is 57.0 Å². The number of hydrogen-bond acceptors (Lipinski definition) is 9. The predicted octanol–water partition coefficient (Wildman–Crippen LogP) is 2.55. The van der Waals surface area contributed by atoms with Gasteiger partial charge in [-0.3, -0.25) is 4.79 Å². The van der Waals surface area contributed by atoms with Crippen LogP contribution in [0.3, 0.4) is 0 Å². The third-order valence-electron chi connectivity index (χ3n) is 7.86. The highest BCUT2D eigenvalue weighted by molar-refractivity contribution is 5.97. The van der Waals surface area contributed by atoms with Crippen LogP contribution in [0.2, 0.25) is 0 Å². The first-order chi connectivity index (χ1) is 21.0. The lowest BCUT2D eigenvalue weighted by Crippen LogP contribution is -2.67. The van der Waals surface area contributed by atoms with Gasteiger partial charge in [-0.1, -0.05) is 18.2 Å². The van der Waals surface area contributed by atoms with Crippen molar-refractivity contribution in [1.82, 2.24) is 5.32 Å². The smallest absolute Gasteiger partial charge is 0.247 e. The summed E-state index contributed by atoms with van der Waals surface area (Å²) in [6.45, 7) is 3.05. The monoisotopic (exact) mass is 621 g/mol. The summed E-state index contributed by atoms with van der Waals surface area (Å²) in [5.74, 6) is -2.15. The van der Waals surface area contributed by atoms with Gasteiger partial charge in [-0.15, -0.1) is 0 Å². The molecule has 0 aromatic heterocycles. The van der Waals surface area contributed by atoms with Gasteiger partial charge in [0.1, 0.15) is 43.9 Å². The van der Waals surface area contributed by atoms with E-state index in [9.17, 15) is 33.3 Å². The van der Waals surface area contributed by atoms with Crippen LogP contribution in [0.1, 0.15) is 25.8 Å². The standard InChI is InChI=1S/C31H34F3NO9/c1-15(9-10-40-21-6-4-3-5-18(21)32)23-13-20(34)31(44-23)43-22-8-7-17(12-19(22)33)11-16(2)30(39)35-24-25(36)27(38)29-28(26(24)37)41-14-42-29/h3-9,11-12,20,23-29,31,36-38H,10,13-14H2,1-2H3,(H,35,39)/t20-,23-,24+,25-,26+,27+,28-,29+,31+/m0/s1. The molecule has 0 radical (unpaired) electrons. The van der Waals surface area contributed by atoms with Crippen LogP contribution in [0.4, 0.5) is 13.2 Å². The van der Waals surface area contributed by atoms with Gasteiger partial charge in [-0.2, -0.15) is 0 Å². The van der Waals surface area contributed by atoms with Crippen LogP contribution in [-0.4, -0.2) is 89.8 Å². The van der Waals surface area contributed by atoms with Crippen molar-refractivity contribution in [3.8, 4) is 11.5 Å². The summed E-state index contributed by atoms with van der Waals surface area (Å²) in [6, 6.07) is 8.56. The van der Waals surface area contributed by atoms with Gasteiger partial charge in [0, 0.05) is 12.0 Å². The maximum atomic E-state index is 14.9. The Morgan fingerprint density at radius 3 is 2.45 bits per heavy atom. The molecule has 1 saturated carbocycles. The molecule has 0 unspecified atom stereocenters. The molecule has 2 aromatic carbocycles. The van der Waals surface area contributed by atoms with E-state index in [1.54, 1.807) is 25.1 Å². The first-order valence-electron chi connectivity index (χ1n) is 14.1. The third-order valence-corrected chi connectivity index (χ3v) is 7.86. The van der Waals surface area contributed by atoms with Crippen LogP contribution in [0.5, 0.6) is 11.5 Å². The van der Waals surface area contributed by atoms with Gasteiger partial charge in [-0.25, -0.2) is 13.2 Å². The highest BCUT2D eigenvalue weighted by atomic mass is 19.1. The second kappa shape index (κ2) is 13.7. The van der Waals surface area contributed by atoms with Crippen molar-refractivity contribution in [2.24, 2.45) is 0 Å². The van der Waals surface area contributed by atoms with E-state index in [1.165, 1.54) is 37.3 Å². The number of alkyl halides is 1. The number of carbonyl (C=O) groups excluding carboxylic acids is 1. The van der Waals surface area contributed by atoms with Crippen LogP contribution in [0.25, 0.3) is 6.08 Å². The lowest BCUT2D eigenvalue weighted by molar-refractivity contribution is -0.155. The number of nitrogens with one attached hydrogen (secondary N) is 1. The molecule has 5 rings (SSSR count). The molecule has 2 aliphatic heterocycles. The molecule has 3 aliphatic rings. The largest absolute Gasteiger partial charge is 0.486 e. The zero-order valence-electron chi connectivity index (χ0n) is 23.9. The van der Waals surface area contributed by atoms with Crippen molar-refractivity contribution in [3.63, 3.8) is 0 Å². The Bertz CT molecular complexity index is 1410. The van der Waals surface area contributed by atoms with Gasteiger partial charge in [-0.05, 0) is 61.4 Å². The highest BCUT2D eigenvalue weighted by Gasteiger charge is 2.53. The topological polar surface area (TPSA) is 136 Å². The van der Waals surface area contributed by atoms with E-state index in [0.29, 0.717) is 5.57 Å². The zero-order chi connectivity index (χ0) is 31.5. The fraction of sp³-hybridized carbons (Fsp3) is 0.452. The van der Waals surface area contributed by atoms with Crippen LogP contribution in [-0.2, 0) is 19.0 Å². The number of hydrogen-bond donors (Lipinski definition) is 4. The first-order valence-corrected chi connectivity index (χ1v) is 14.1. The summed E-state index contributed by atoms with van der Waals surface area (Å²) in [5.41, 5.74) is 1.05. The lowest BCUT2D eigenvalue weighted by atomic mass is 9.83. The van der Waals surface area contributed by atoms with E-state index >= 15 is 0 Å². The average molecular weight is 622 g/mol. The summed E-state index contributed by atoms with van der Waals surface area (Å²) >= 11 is 0. The van der Waals surface area contributed by atoms with Crippen LogP contribution >= 0.6 is 0 Å². The fourth-order valence-corrected chi connectivity index (χ4v) is 5.33. The Morgan fingerprint density at radius 1 is 1.00 bits per heavy atom. The number of ether oxygens (including phenoxy) is 5. The van der Waals surface area contributed by atoms with Gasteiger partial charge in [0.2, 0.25) is 12.2 Å². The Balaban J connectivity index is 1.16. The maximum absolute atomic E-state index is 14.9. The number of rotatable bonds is 9. The van der Waals surface area contributed by atoms with Crippen molar-refractivity contribution in [2.45, 2.75) is 75.4 Å². The molecular weight excluding hydrogens is 587 g/mol. The molecule has 44 heavy (non-hydrogen) atoms. The van der Waals surface area contributed by atoms with Crippen molar-refractivity contribution >= 4 is 12.0 Å². The normalized spacial score (nSPS) is 32.3. The molecule has 0 bridgehead atoms. The molecule has 238 valence electrons. The number of fused-ring (bicyclic) bond motifs is 1. The Hall–Kier alpha value is -3.46. The summed E-state index contributed by atoms with van der Waals surface area (Å²) in [5, 5.41) is 33.7. The van der Waals surface area contributed by atoms with Crippen LogP contribution in [0.15, 0.2) is 59.7 Å². The third kappa shape index (κ3) is 6.93. The van der Waals surface area contributed by atoms with E-state index in [2.05, 4.69) is 5.32 Å². The number of benzene rings is 2. The molecule has 1 aliphatic carbocycles. The number of halogens is 3. The minimum Gasteiger partial charge on any atom is -0.486 e. The quantitative estimate of drug-likeness (QED) is 0.246. The molecule has 2 saturated heterocycles. The predicted molar refractivity (Wildman–Crippen MR) is 149 cm³/mol.